The van der Waals surface area contributed by atoms with Gasteiger partial charge in [0.05, 0.1) is 11.8 Å². The number of hydrogen-bond acceptors (Lipinski definition) is 4. The molecule has 2 N–H and O–H groups in total. The number of carboxylic acids is 2. The summed E-state index contributed by atoms with van der Waals surface area (Å²) in [6, 6.07) is 4.66. The van der Waals surface area contributed by atoms with Crippen molar-refractivity contribution in [1.82, 2.24) is 0 Å². The van der Waals surface area contributed by atoms with Crippen LogP contribution >= 0.6 is 22.7 Å². The maximum absolute atomic E-state index is 11.9. The predicted octanol–water partition coefficient (Wildman–Crippen LogP) is 8.80. The molecule has 2 aliphatic carbocycles. The topological polar surface area (TPSA) is 74.6 Å². The first-order valence-corrected chi connectivity index (χ1v) is 15.1. The van der Waals surface area contributed by atoms with Gasteiger partial charge in [-0.15, -0.1) is 22.7 Å². The molecule has 2 aromatic rings. The van der Waals surface area contributed by atoms with E-state index in [4.69, 9.17) is 0 Å². The lowest BCUT2D eigenvalue weighted by Gasteiger charge is -2.22. The molecule has 0 aromatic carbocycles. The van der Waals surface area contributed by atoms with Gasteiger partial charge in [0.1, 0.15) is 0 Å². The zero-order chi connectivity index (χ0) is 23.9. The van der Waals surface area contributed by atoms with Crippen LogP contribution in [0, 0.1) is 11.8 Å². The highest BCUT2D eigenvalue weighted by Crippen LogP contribution is 2.45. The minimum Gasteiger partial charge on any atom is -0.481 e. The van der Waals surface area contributed by atoms with E-state index < -0.39 is 11.9 Å². The summed E-state index contributed by atoms with van der Waals surface area (Å²) in [4.78, 5) is 26.5. The first-order valence-electron chi connectivity index (χ1n) is 13.5. The number of fused-ring (bicyclic) bond motifs is 1. The molecule has 2 heterocycles. The van der Waals surface area contributed by atoms with Crippen molar-refractivity contribution in [2.75, 3.05) is 0 Å². The summed E-state index contributed by atoms with van der Waals surface area (Å²) in [7, 11) is 0. The zero-order valence-electron chi connectivity index (χ0n) is 20.3. The van der Waals surface area contributed by atoms with Gasteiger partial charge >= 0.3 is 11.9 Å². The van der Waals surface area contributed by atoms with E-state index in [0.29, 0.717) is 11.8 Å². The second kappa shape index (κ2) is 12.5. The summed E-state index contributed by atoms with van der Waals surface area (Å²) in [6.45, 7) is 0. The summed E-state index contributed by atoms with van der Waals surface area (Å²) >= 11 is 3.71. The molecule has 2 saturated carbocycles. The number of carbonyl (C=O) groups is 2. The Bertz CT molecular complexity index is 843. The van der Waals surface area contributed by atoms with E-state index >= 15 is 0 Å². The van der Waals surface area contributed by atoms with Crippen molar-refractivity contribution in [3.63, 3.8) is 0 Å². The van der Waals surface area contributed by atoms with E-state index in [1.165, 1.54) is 57.7 Å². The van der Waals surface area contributed by atoms with E-state index in [1.807, 2.05) is 22.7 Å². The molecule has 188 valence electrons. The maximum Gasteiger partial charge on any atom is 0.306 e. The van der Waals surface area contributed by atoms with Crippen LogP contribution in [0.3, 0.4) is 0 Å². The minimum atomic E-state index is -0.629. The smallest absolute Gasteiger partial charge is 0.306 e. The van der Waals surface area contributed by atoms with Crippen LogP contribution in [0.5, 0.6) is 0 Å². The summed E-state index contributed by atoms with van der Waals surface area (Å²) in [6.07, 6.45) is 17.0. The lowest BCUT2D eigenvalue weighted by molar-refractivity contribution is -0.143. The normalized spacial score (nSPS) is 28.4. The molecule has 34 heavy (non-hydrogen) atoms. The number of rotatable bonds is 4. The summed E-state index contributed by atoms with van der Waals surface area (Å²) in [5, 5.41) is 19.5. The Morgan fingerprint density at radius 1 is 0.588 bits per heavy atom. The number of hydrogen-bond donors (Lipinski definition) is 2. The average molecular weight is 505 g/mol. The van der Waals surface area contributed by atoms with Crippen LogP contribution < -0.4 is 0 Å². The van der Waals surface area contributed by atoms with Gasteiger partial charge in [0, 0.05) is 19.2 Å². The summed E-state index contributed by atoms with van der Waals surface area (Å²) in [5.41, 5.74) is 0. The molecular weight excluding hydrogens is 464 g/mol. The third-order valence-corrected chi connectivity index (χ3v) is 10.7. The van der Waals surface area contributed by atoms with Crippen LogP contribution in [0.1, 0.15) is 124 Å². The quantitative estimate of drug-likeness (QED) is 0.436. The molecular formula is C28H40O4S2. The van der Waals surface area contributed by atoms with E-state index in [1.54, 1.807) is 0 Å². The van der Waals surface area contributed by atoms with Crippen molar-refractivity contribution in [3.05, 3.63) is 21.9 Å². The Morgan fingerprint density at radius 2 is 0.941 bits per heavy atom. The fraction of sp³-hybridized carbons (Fsp3) is 0.714. The van der Waals surface area contributed by atoms with Gasteiger partial charge in [-0.05, 0) is 62.5 Å². The van der Waals surface area contributed by atoms with Crippen LogP contribution in [-0.4, -0.2) is 22.2 Å². The van der Waals surface area contributed by atoms with Crippen molar-refractivity contribution in [3.8, 4) is 0 Å². The zero-order valence-corrected chi connectivity index (χ0v) is 21.9. The lowest BCUT2D eigenvalue weighted by Crippen LogP contribution is -2.18. The predicted molar refractivity (Wildman–Crippen MR) is 141 cm³/mol. The van der Waals surface area contributed by atoms with Gasteiger partial charge in [0.2, 0.25) is 0 Å². The molecule has 0 aliphatic heterocycles. The Hall–Kier alpha value is -1.40. The van der Waals surface area contributed by atoms with E-state index in [9.17, 15) is 19.8 Å². The second-order valence-electron chi connectivity index (χ2n) is 10.7. The van der Waals surface area contributed by atoms with Crippen LogP contribution in [0.15, 0.2) is 12.1 Å². The number of thiophene rings is 2. The van der Waals surface area contributed by atoms with Crippen molar-refractivity contribution in [2.24, 2.45) is 11.8 Å². The molecule has 4 unspecified atom stereocenters. The fourth-order valence-corrected chi connectivity index (χ4v) is 8.74. The number of carboxylic acid groups (broad SMARTS) is 2. The Morgan fingerprint density at radius 3 is 1.32 bits per heavy atom. The third-order valence-electron chi connectivity index (χ3n) is 8.10. The molecule has 2 aromatic heterocycles. The molecule has 4 nitrogen and oxygen atoms in total. The highest BCUT2D eigenvalue weighted by molar-refractivity contribution is 7.27. The molecule has 2 aliphatic rings. The Kier molecular flexibility index (Phi) is 9.46. The minimum absolute atomic E-state index is 0.227. The maximum atomic E-state index is 11.9. The van der Waals surface area contributed by atoms with Crippen molar-refractivity contribution >= 4 is 44.0 Å². The van der Waals surface area contributed by atoms with E-state index in [0.717, 1.165) is 64.2 Å². The fourth-order valence-electron chi connectivity index (χ4n) is 6.02. The van der Waals surface area contributed by atoms with Gasteiger partial charge in [-0.2, -0.15) is 0 Å². The third kappa shape index (κ3) is 6.84. The largest absolute Gasteiger partial charge is 0.481 e. The Balaban J connectivity index is 1.52. The molecule has 4 rings (SSSR count). The van der Waals surface area contributed by atoms with Crippen LogP contribution in [0.2, 0.25) is 0 Å². The molecule has 0 radical (unpaired) electrons. The first-order chi connectivity index (χ1) is 16.5. The lowest BCUT2D eigenvalue weighted by atomic mass is 9.85. The standard InChI is InChI=1S/C28H40O4S2/c29-27(30)21-13-9-5-1-3-7-11-19(15-21)23-17-25-26(33-23)18-24(34-25)20-12-8-4-2-6-10-14-22(16-20)28(31)32/h17-22H,1-16H2,(H,29,30)(H,31,32). The molecule has 0 saturated heterocycles. The van der Waals surface area contributed by atoms with Gasteiger partial charge < -0.3 is 10.2 Å². The van der Waals surface area contributed by atoms with Crippen molar-refractivity contribution < 1.29 is 19.8 Å². The average Bonchev–Trinajstić information content (AvgIpc) is 3.39. The molecule has 0 bridgehead atoms. The molecule has 6 heteroatoms. The molecule has 4 atom stereocenters. The van der Waals surface area contributed by atoms with E-state index in [-0.39, 0.29) is 11.8 Å². The summed E-state index contributed by atoms with van der Waals surface area (Å²) < 4.78 is 2.62. The monoisotopic (exact) mass is 504 g/mol. The summed E-state index contributed by atoms with van der Waals surface area (Å²) in [5.74, 6) is -1.02. The van der Waals surface area contributed by atoms with Crippen molar-refractivity contribution in [2.45, 2.75) is 115 Å². The highest BCUT2D eigenvalue weighted by atomic mass is 32.1. The van der Waals surface area contributed by atoms with Crippen LogP contribution in [0.25, 0.3) is 9.40 Å². The first kappa shape index (κ1) is 25.7. The van der Waals surface area contributed by atoms with Gasteiger partial charge in [-0.25, -0.2) is 0 Å². The molecule has 0 spiro atoms. The molecule has 0 amide bonds. The highest BCUT2D eigenvalue weighted by Gasteiger charge is 2.28. The van der Waals surface area contributed by atoms with Gasteiger partial charge in [0.25, 0.3) is 0 Å². The Labute approximate surface area is 211 Å². The van der Waals surface area contributed by atoms with Gasteiger partial charge in [-0.3, -0.25) is 9.59 Å². The second-order valence-corrected chi connectivity index (χ2v) is 12.9. The SMILES string of the molecule is O=C(O)C1CCCCCCCC(c2cc3sc(C4CCCCCCCC(C(=O)O)C4)cc3s2)C1. The van der Waals surface area contributed by atoms with E-state index in [2.05, 4.69) is 12.1 Å². The van der Waals surface area contributed by atoms with Crippen molar-refractivity contribution in [1.29, 1.82) is 0 Å². The van der Waals surface area contributed by atoms with Gasteiger partial charge in [-0.1, -0.05) is 64.2 Å². The number of aliphatic carboxylic acids is 2. The van der Waals surface area contributed by atoms with Crippen LogP contribution in [-0.2, 0) is 9.59 Å². The van der Waals surface area contributed by atoms with Gasteiger partial charge in [0.15, 0.2) is 0 Å². The molecule has 2 fully saturated rings. The van der Waals surface area contributed by atoms with Crippen LogP contribution in [0.4, 0.5) is 0 Å².